The summed E-state index contributed by atoms with van der Waals surface area (Å²) in [6.45, 7) is -23.5. The summed E-state index contributed by atoms with van der Waals surface area (Å²) in [6.07, 6.45) is -44.9. The highest BCUT2D eigenvalue weighted by Gasteiger charge is 2.82. The first-order valence-electron chi connectivity index (χ1n) is 30.9. The first-order valence-corrected chi connectivity index (χ1v) is 30.9. The molecule has 0 aliphatic carbocycles. The van der Waals surface area contributed by atoms with Crippen LogP contribution in [-0.4, -0.2) is 426 Å². The van der Waals surface area contributed by atoms with Crippen molar-refractivity contribution < 1.29 is 234 Å². The Morgan fingerprint density at radius 2 is 0.382 bits per heavy atom. The molecule has 0 unspecified atom stereocenters. The minimum absolute atomic E-state index is 1.07. The molecule has 0 amide bonds. The van der Waals surface area contributed by atoms with Crippen LogP contribution in [0.1, 0.15) is 0 Å². The van der Waals surface area contributed by atoms with Gasteiger partial charge in [-0.1, -0.05) is 0 Å². The van der Waals surface area contributed by atoms with Crippen molar-refractivity contribution >= 4 is 35.8 Å². The van der Waals surface area contributed by atoms with Gasteiger partial charge in [0.25, 0.3) is 0 Å². The number of aliphatic hydroxyl groups is 12. The highest BCUT2D eigenvalue weighted by atomic mass is 16.9. The summed E-state index contributed by atoms with van der Waals surface area (Å²) in [5, 5.41) is 207. The van der Waals surface area contributed by atoms with Crippen molar-refractivity contribution in [3.05, 3.63) is 0 Å². The molecule has 30 heterocycles. The van der Waals surface area contributed by atoms with Gasteiger partial charge in [0, 0.05) is 0 Å². The number of aliphatic hydroxyl groups excluding tert-OH is 6. The van der Waals surface area contributed by atoms with E-state index in [4.69, 9.17) is 114 Å². The second-order valence-corrected chi connectivity index (χ2v) is 26.3. The molecule has 0 aromatic carbocycles. The van der Waals surface area contributed by atoms with Gasteiger partial charge in [-0.25, -0.2) is 28.8 Å². The Morgan fingerprint density at radius 3 is 0.490 bits per heavy atom. The third-order valence-electron chi connectivity index (χ3n) is 20.0. The van der Waals surface area contributed by atoms with E-state index in [1.54, 1.807) is 0 Å². The third kappa shape index (κ3) is 11.5. The summed E-state index contributed by atoms with van der Waals surface area (Å²) in [5.74, 6) is -30.8. The van der Waals surface area contributed by atoms with Crippen molar-refractivity contribution in [2.45, 2.75) is 179 Å². The molecular formula is C54H72O48. The molecule has 30 atom stereocenters. The van der Waals surface area contributed by atoms with Crippen LogP contribution in [0.4, 0.5) is 0 Å². The predicted octanol–water partition coefficient (Wildman–Crippen LogP) is -14.0. The van der Waals surface area contributed by atoms with Crippen molar-refractivity contribution in [2.75, 3.05) is 119 Å². The molecule has 30 saturated heterocycles. The summed E-state index contributed by atoms with van der Waals surface area (Å²) in [6, 6.07) is 0. The maximum Gasteiger partial charge on any atom is 0.329 e. The van der Waals surface area contributed by atoms with Crippen LogP contribution in [0.2, 0.25) is 0 Å². The Kier molecular flexibility index (Phi) is 19.8. The molecule has 24 bridgehead atoms. The zero-order valence-electron chi connectivity index (χ0n) is 52.4. The average Bonchev–Trinajstić information content (AvgIpc) is 1.50. The molecule has 18 N–H and O–H groups in total. The number of rotatable bonds is 24. The lowest BCUT2D eigenvalue weighted by Crippen LogP contribution is -2.77. The van der Waals surface area contributed by atoms with Crippen molar-refractivity contribution in [3.8, 4) is 0 Å². The summed E-state index contributed by atoms with van der Waals surface area (Å²) < 4.78 is 144. The molecule has 30 rings (SSSR count). The molecule has 102 heavy (non-hydrogen) atoms. The number of carboxylic acid groups (broad SMARTS) is 6. The highest BCUT2D eigenvalue weighted by Crippen LogP contribution is 2.59. The smallest absolute Gasteiger partial charge is 0.329 e. The number of hydrogen-bond acceptors (Lipinski definition) is 42. The lowest BCUT2D eigenvalue weighted by atomic mass is 9.84. The van der Waals surface area contributed by atoms with E-state index in [9.17, 15) is 121 Å². The van der Waals surface area contributed by atoms with E-state index in [-0.39, 0.29) is 0 Å². The Bertz CT molecular complexity index is 2680. The molecular weight excluding hydrogens is 1420 g/mol. The second-order valence-electron chi connectivity index (χ2n) is 26.3. The fourth-order valence-corrected chi connectivity index (χ4v) is 15.4. The summed E-state index contributed by atoms with van der Waals surface area (Å²) >= 11 is 0. The zero-order chi connectivity index (χ0) is 73.6. The molecule has 30 aliphatic rings. The van der Waals surface area contributed by atoms with Gasteiger partial charge in [-0.2, -0.15) is 0 Å². The van der Waals surface area contributed by atoms with E-state index in [0.29, 0.717) is 0 Å². The molecule has 30 aliphatic heterocycles. The van der Waals surface area contributed by atoms with E-state index in [2.05, 4.69) is 0 Å². The van der Waals surface area contributed by atoms with Gasteiger partial charge < -0.3 is 206 Å². The minimum atomic E-state index is -3.35. The molecule has 0 spiro atoms. The van der Waals surface area contributed by atoms with Gasteiger partial charge in [-0.05, 0) is 0 Å². The van der Waals surface area contributed by atoms with E-state index in [1.165, 1.54) is 0 Å². The molecule has 0 aromatic rings. The van der Waals surface area contributed by atoms with E-state index in [1.807, 2.05) is 0 Å². The van der Waals surface area contributed by atoms with E-state index in [0.717, 1.165) is 0 Å². The maximum atomic E-state index is 13.0. The first kappa shape index (κ1) is 75.6. The molecule has 0 radical (unpaired) electrons. The largest absolute Gasteiger partial charge is 0.480 e. The van der Waals surface area contributed by atoms with Crippen LogP contribution in [0.15, 0.2) is 0 Å². The van der Waals surface area contributed by atoms with Gasteiger partial charge in [0.2, 0.25) is 34.7 Å². The summed E-state index contributed by atoms with van der Waals surface area (Å²) in [7, 11) is 0. The van der Waals surface area contributed by atoms with Gasteiger partial charge in [0.1, 0.15) is 73.2 Å². The van der Waals surface area contributed by atoms with Crippen molar-refractivity contribution in [3.63, 3.8) is 0 Å². The van der Waals surface area contributed by atoms with E-state index >= 15 is 0 Å². The quantitative estimate of drug-likeness (QED) is 0.0427. The van der Waals surface area contributed by atoms with Gasteiger partial charge >= 0.3 is 35.8 Å². The van der Waals surface area contributed by atoms with Crippen LogP contribution in [-0.2, 0) is 142 Å². The number of carbonyl (C=O) groups is 6. The average molecular weight is 1490 g/mol. The monoisotopic (exact) mass is 1490 g/mol. The lowest BCUT2D eigenvalue weighted by Gasteiger charge is -2.56. The molecule has 48 heteroatoms. The highest BCUT2D eigenvalue weighted by molar-refractivity contribution is 5.69. The van der Waals surface area contributed by atoms with Gasteiger partial charge in [0.05, 0.1) is 79.3 Å². The Hall–Kier alpha value is -4.62. The van der Waals surface area contributed by atoms with Crippen LogP contribution in [0, 0.1) is 0 Å². The fraction of sp³-hybridized carbons (Fsp3) is 0.889. The van der Waals surface area contributed by atoms with Crippen LogP contribution >= 0.6 is 0 Å². The Balaban J connectivity index is 0.968. The maximum absolute atomic E-state index is 13.0. The Labute approximate surface area is 567 Å². The molecule has 30 fully saturated rings. The topological polar surface area (TPSA) is 688 Å². The van der Waals surface area contributed by atoms with Crippen molar-refractivity contribution in [1.82, 2.24) is 0 Å². The summed E-state index contributed by atoms with van der Waals surface area (Å²) in [4.78, 5) is 74.3. The lowest BCUT2D eigenvalue weighted by molar-refractivity contribution is -0.467. The molecule has 576 valence electrons. The number of ether oxygens (including phenoxy) is 24. The standard InChI is InChI=1S/C54H72O48/c55-7-43-13-85-49(73)25(79-1-19(61)62)31(97-43)91-38-44(8-56)14-86-50(38,74)27(81-3-21(65)66)33(99-44)93-40-46(10-58)16-88-52(40,76)29(83-5-23(69)70)35(101-46)95-42-48(12-60)18-90-54(42,78)30(84-6-24(71)72)36(102-48)96-41-47(11-59)17-89-53(41,77)28(82-4-22(67)68)34(100-47)94-39-45(9-57)15-87-51(39,75)26(80-2-20(63)64)32(98-45)92-37(43)49/h25-42,55-60,73-78H,1-18H2,(H,61,62)(H,63,64)(H,65,66)(H,67,68)(H,69,70)(H,71,72)/t25-,26-,27-,28-,29-,30-,31-,32-,33-,34-,35-,36-,37+,38+,39+,40+,41+,42+,43+,44+,45+,46+,47+,48+,49+,50+,51+,52+,53+,54+/m0/s1. The van der Waals surface area contributed by atoms with Crippen molar-refractivity contribution in [2.24, 2.45) is 0 Å². The zero-order valence-corrected chi connectivity index (χ0v) is 52.4. The van der Waals surface area contributed by atoms with E-state index < -0.39 is 334 Å². The SMILES string of the molecule is O=C(O)CO[C@H]1[C@H]2O[C@@H]3[C@@]4(CO)CO[C@]3(O)[C@@H](OCC(=O)O)[C@@H](O[C@@H]3[C@@]5(CO)CO[C@]3(O)[C@@H](OCC(=O)O)[C@@H](O[C@@H]3[C@@]6(CO)CO[C@]3(O)[C@@H](OCC(=O)O)[C@@H](O[C@@H]3[C@@]7(CO)CO[C@]3(O)[C@@H](OCC(=O)O)[C@@H](O[C@@H]3[C@@]8(CO)CO[C@]3(O)[C@@H](OCC(=O)O)[C@@H](O[C@@H]3[C@@](CO)(CO[C@@]31O)O2)O8)O7)O6)O5)O4. The first-order chi connectivity index (χ1) is 48.1. The van der Waals surface area contributed by atoms with Gasteiger partial charge in [0.15, 0.2) is 111 Å². The second kappa shape index (κ2) is 26.7. The van der Waals surface area contributed by atoms with Gasteiger partial charge in [-0.3, -0.25) is 0 Å². The molecule has 48 nitrogen and oxygen atoms in total. The van der Waals surface area contributed by atoms with Crippen LogP contribution in [0.5, 0.6) is 0 Å². The number of hydrogen-bond donors (Lipinski definition) is 18. The number of aliphatic carboxylic acids is 6. The molecule has 0 aromatic heterocycles. The third-order valence-corrected chi connectivity index (χ3v) is 20.0. The van der Waals surface area contributed by atoms with Crippen molar-refractivity contribution in [1.29, 1.82) is 0 Å². The normalized spacial score (nSPS) is 51.1. The van der Waals surface area contributed by atoms with Gasteiger partial charge in [-0.15, -0.1) is 0 Å². The molecule has 0 saturated carbocycles. The minimum Gasteiger partial charge on any atom is -0.480 e. The fourth-order valence-electron chi connectivity index (χ4n) is 15.4. The van der Waals surface area contributed by atoms with Crippen LogP contribution < -0.4 is 0 Å². The summed E-state index contributed by atoms with van der Waals surface area (Å²) in [5.41, 5.74) is -16.0. The predicted molar refractivity (Wildman–Crippen MR) is 287 cm³/mol. The Morgan fingerprint density at radius 1 is 0.255 bits per heavy atom. The van der Waals surface area contributed by atoms with Crippen LogP contribution in [0.25, 0.3) is 0 Å². The van der Waals surface area contributed by atoms with Crippen LogP contribution in [0.3, 0.4) is 0 Å². The number of carboxylic acids is 6.